The fourth-order valence-corrected chi connectivity index (χ4v) is 4.64. The minimum absolute atomic E-state index is 0.0768. The van der Waals surface area contributed by atoms with E-state index in [1.807, 2.05) is 19.1 Å². The Morgan fingerprint density at radius 2 is 1.92 bits per heavy atom. The molecular weight excluding hydrogens is 354 g/mol. The van der Waals surface area contributed by atoms with Crippen LogP contribution < -0.4 is 5.56 Å². The van der Waals surface area contributed by atoms with E-state index in [-0.39, 0.29) is 17.2 Å². The van der Waals surface area contributed by atoms with Crippen LogP contribution in [0.2, 0.25) is 0 Å². The Morgan fingerprint density at radius 1 is 1.15 bits per heavy atom. The molecule has 1 aliphatic heterocycles. The second-order valence-electron chi connectivity index (χ2n) is 6.53. The fraction of sp³-hybridized carbons (Fsp3) is 0.333. The average molecular weight is 373 g/mol. The van der Waals surface area contributed by atoms with Crippen LogP contribution in [0.4, 0.5) is 0 Å². The second-order valence-corrected chi connectivity index (χ2v) is 8.40. The smallest absolute Gasteiger partial charge is 0.276 e. The number of aromatic nitrogens is 2. The van der Waals surface area contributed by atoms with Crippen molar-refractivity contribution in [3.63, 3.8) is 0 Å². The zero-order chi connectivity index (χ0) is 18.3. The van der Waals surface area contributed by atoms with Crippen LogP contribution in [0.3, 0.4) is 0 Å². The predicted molar refractivity (Wildman–Crippen MR) is 96.5 cm³/mol. The summed E-state index contributed by atoms with van der Waals surface area (Å²) in [5.41, 5.74) is 1.43. The summed E-state index contributed by atoms with van der Waals surface area (Å²) in [5, 5.41) is 0.455. The summed E-state index contributed by atoms with van der Waals surface area (Å²) in [7, 11) is -3.60. The highest BCUT2D eigenvalue weighted by molar-refractivity contribution is 7.89. The van der Waals surface area contributed by atoms with Gasteiger partial charge in [0.1, 0.15) is 5.76 Å². The van der Waals surface area contributed by atoms with E-state index in [1.54, 1.807) is 12.1 Å². The molecule has 1 aromatic carbocycles. The lowest BCUT2D eigenvalue weighted by atomic mass is 10.2. The van der Waals surface area contributed by atoms with Crippen molar-refractivity contribution in [2.24, 2.45) is 0 Å². The third-order valence-corrected chi connectivity index (χ3v) is 6.37. The Kier molecular flexibility index (Phi) is 4.16. The molecule has 136 valence electrons. The molecule has 3 heterocycles. The molecule has 4 rings (SSSR count). The van der Waals surface area contributed by atoms with Crippen molar-refractivity contribution in [1.29, 1.82) is 0 Å². The quantitative estimate of drug-likeness (QED) is 0.699. The second kappa shape index (κ2) is 6.37. The maximum atomic E-state index is 12.7. The number of rotatable bonds is 4. The molecule has 0 spiro atoms. The number of nitrogens with zero attached hydrogens (tertiary/aromatic N) is 3. The van der Waals surface area contributed by atoms with E-state index in [9.17, 15) is 13.2 Å². The molecule has 0 N–H and O–H groups in total. The molecule has 8 heteroatoms. The molecule has 1 saturated heterocycles. The van der Waals surface area contributed by atoms with Crippen molar-refractivity contribution in [2.45, 2.75) is 31.4 Å². The van der Waals surface area contributed by atoms with Gasteiger partial charge in [-0.15, -0.1) is 0 Å². The molecule has 2 aromatic heterocycles. The summed E-state index contributed by atoms with van der Waals surface area (Å²) in [6.45, 7) is 3.08. The van der Waals surface area contributed by atoms with Crippen LogP contribution in [-0.4, -0.2) is 35.4 Å². The van der Waals surface area contributed by atoms with Gasteiger partial charge in [-0.3, -0.25) is 9.36 Å². The van der Waals surface area contributed by atoms with Crippen LogP contribution >= 0.6 is 0 Å². The number of furan rings is 1. The molecule has 0 unspecified atom stereocenters. The summed E-state index contributed by atoms with van der Waals surface area (Å²) in [6.07, 6.45) is 3.19. The van der Waals surface area contributed by atoms with Gasteiger partial charge in [0.25, 0.3) is 15.6 Å². The lowest BCUT2D eigenvalue weighted by Crippen LogP contribution is -2.27. The first-order chi connectivity index (χ1) is 12.4. The molecule has 1 aliphatic rings. The van der Waals surface area contributed by atoms with Gasteiger partial charge in [0.15, 0.2) is 0 Å². The molecule has 0 bridgehead atoms. The monoisotopic (exact) mass is 373 g/mol. The van der Waals surface area contributed by atoms with E-state index in [2.05, 4.69) is 4.98 Å². The van der Waals surface area contributed by atoms with Gasteiger partial charge in [-0.25, -0.2) is 13.4 Å². The van der Waals surface area contributed by atoms with Crippen molar-refractivity contribution < 1.29 is 12.8 Å². The van der Waals surface area contributed by atoms with Gasteiger partial charge < -0.3 is 4.42 Å². The Hall–Kier alpha value is -2.45. The third-order valence-electron chi connectivity index (χ3n) is 4.60. The molecule has 0 atom stereocenters. The SMILES string of the molecule is Cc1ccc2ncn(Cc3ccc(S(=O)(=O)N4CCCC4)o3)c(=O)c2c1. The van der Waals surface area contributed by atoms with Crippen molar-refractivity contribution in [3.05, 3.63) is 58.3 Å². The van der Waals surface area contributed by atoms with Crippen LogP contribution in [0.5, 0.6) is 0 Å². The largest absolute Gasteiger partial charge is 0.446 e. The molecule has 0 aliphatic carbocycles. The zero-order valence-electron chi connectivity index (χ0n) is 14.4. The Balaban J connectivity index is 1.65. The maximum absolute atomic E-state index is 12.7. The highest BCUT2D eigenvalue weighted by Gasteiger charge is 2.29. The predicted octanol–water partition coefficient (Wildman–Crippen LogP) is 2.13. The van der Waals surface area contributed by atoms with Gasteiger partial charge in [-0.05, 0) is 44.0 Å². The number of benzene rings is 1. The van der Waals surface area contributed by atoms with Crippen LogP contribution in [0.1, 0.15) is 24.2 Å². The maximum Gasteiger partial charge on any atom is 0.276 e. The van der Waals surface area contributed by atoms with Crippen molar-refractivity contribution in [2.75, 3.05) is 13.1 Å². The average Bonchev–Trinajstić information content (AvgIpc) is 3.30. The highest BCUT2D eigenvalue weighted by atomic mass is 32.2. The minimum atomic E-state index is -3.60. The summed E-state index contributed by atoms with van der Waals surface area (Å²) in [5.74, 6) is 0.402. The number of sulfonamides is 1. The summed E-state index contributed by atoms with van der Waals surface area (Å²) in [6, 6.07) is 8.56. The van der Waals surface area contributed by atoms with E-state index in [0.717, 1.165) is 18.4 Å². The number of hydrogen-bond acceptors (Lipinski definition) is 5. The van der Waals surface area contributed by atoms with Crippen LogP contribution in [-0.2, 0) is 16.6 Å². The van der Waals surface area contributed by atoms with E-state index < -0.39 is 10.0 Å². The Morgan fingerprint density at radius 3 is 2.69 bits per heavy atom. The van der Waals surface area contributed by atoms with Crippen LogP contribution in [0, 0.1) is 6.92 Å². The third kappa shape index (κ3) is 2.95. The Bertz CT molecular complexity index is 1120. The van der Waals surface area contributed by atoms with Crippen LogP contribution in [0.25, 0.3) is 10.9 Å². The summed E-state index contributed by atoms with van der Waals surface area (Å²) in [4.78, 5) is 16.9. The first-order valence-corrected chi connectivity index (χ1v) is 9.94. The molecule has 0 radical (unpaired) electrons. The van der Waals surface area contributed by atoms with Gasteiger partial charge in [0, 0.05) is 13.1 Å². The van der Waals surface area contributed by atoms with E-state index in [1.165, 1.54) is 21.3 Å². The zero-order valence-corrected chi connectivity index (χ0v) is 15.2. The van der Waals surface area contributed by atoms with Gasteiger partial charge in [-0.2, -0.15) is 4.31 Å². The first-order valence-electron chi connectivity index (χ1n) is 8.50. The molecule has 0 saturated carbocycles. The first kappa shape index (κ1) is 17.0. The lowest BCUT2D eigenvalue weighted by molar-refractivity contribution is 0.383. The minimum Gasteiger partial charge on any atom is -0.446 e. The standard InChI is InChI=1S/C18H19N3O4S/c1-13-4-6-16-15(10-13)18(22)20(12-19-16)11-14-5-7-17(25-14)26(23,24)21-8-2-3-9-21/h4-7,10,12H,2-3,8-9,11H2,1H3. The van der Waals surface area contributed by atoms with Gasteiger partial charge in [0.05, 0.1) is 23.8 Å². The van der Waals surface area contributed by atoms with Gasteiger partial charge >= 0.3 is 0 Å². The van der Waals surface area contributed by atoms with Crippen molar-refractivity contribution >= 4 is 20.9 Å². The molecule has 26 heavy (non-hydrogen) atoms. The van der Waals surface area contributed by atoms with E-state index >= 15 is 0 Å². The summed E-state index contributed by atoms with van der Waals surface area (Å²) < 4.78 is 33.5. The number of aryl methyl sites for hydroxylation is 1. The van der Waals surface area contributed by atoms with Crippen molar-refractivity contribution in [1.82, 2.24) is 13.9 Å². The number of hydrogen-bond donors (Lipinski definition) is 0. The molecular formula is C18H19N3O4S. The lowest BCUT2D eigenvalue weighted by Gasteiger charge is -2.12. The van der Waals surface area contributed by atoms with Gasteiger partial charge in [0.2, 0.25) is 5.09 Å². The number of fused-ring (bicyclic) bond motifs is 1. The Labute approximate surface area is 150 Å². The summed E-state index contributed by atoms with van der Waals surface area (Å²) >= 11 is 0. The van der Waals surface area contributed by atoms with E-state index in [4.69, 9.17) is 4.42 Å². The highest BCUT2D eigenvalue weighted by Crippen LogP contribution is 2.23. The molecule has 7 nitrogen and oxygen atoms in total. The fourth-order valence-electron chi connectivity index (χ4n) is 3.19. The van der Waals surface area contributed by atoms with Crippen molar-refractivity contribution in [3.8, 4) is 0 Å². The normalized spacial score (nSPS) is 15.7. The molecule has 1 fully saturated rings. The van der Waals surface area contributed by atoms with Gasteiger partial charge in [-0.1, -0.05) is 11.6 Å². The molecule has 3 aromatic rings. The molecule has 0 amide bonds. The van der Waals surface area contributed by atoms with E-state index in [0.29, 0.717) is 29.8 Å². The van der Waals surface area contributed by atoms with Crippen LogP contribution in [0.15, 0.2) is 51.0 Å². The topological polar surface area (TPSA) is 85.4 Å².